The van der Waals surface area contributed by atoms with E-state index in [9.17, 15) is 9.90 Å². The molecule has 2 atom stereocenters. The highest BCUT2D eigenvalue weighted by Crippen LogP contribution is 2.54. The minimum atomic E-state index is -1.10. The fourth-order valence-corrected chi connectivity index (χ4v) is 3.74. The number of Topliss-reactive ketones (excluding diaryl/α,β-unsaturated/α-hetero) is 1. The number of hydrogen-bond acceptors (Lipinski definition) is 10. The first-order chi connectivity index (χ1) is 15.4. The lowest BCUT2D eigenvalue weighted by Gasteiger charge is -2.34. The molecule has 2 aromatic carbocycles. The Balaban J connectivity index is 2.27. The maximum atomic E-state index is 13.4. The van der Waals surface area contributed by atoms with Gasteiger partial charge >= 0.3 is 0 Å². The molecule has 0 aromatic heterocycles. The molecule has 0 saturated heterocycles. The van der Waals surface area contributed by atoms with Gasteiger partial charge in [-0.15, -0.1) is 0 Å². The second-order valence-corrected chi connectivity index (χ2v) is 6.66. The summed E-state index contributed by atoms with van der Waals surface area (Å²) >= 11 is 0. The minimum Gasteiger partial charge on any atom is -0.504 e. The molecule has 0 saturated carbocycles. The van der Waals surface area contributed by atoms with Gasteiger partial charge in [0.1, 0.15) is 0 Å². The fourth-order valence-electron chi connectivity index (χ4n) is 3.74. The maximum Gasteiger partial charge on any atom is 0.208 e. The van der Waals surface area contributed by atoms with Crippen LogP contribution in [-0.4, -0.2) is 66.8 Å². The number of benzene rings is 2. The van der Waals surface area contributed by atoms with Gasteiger partial charge in [0, 0.05) is 12.7 Å². The van der Waals surface area contributed by atoms with Crippen LogP contribution in [-0.2, 0) is 4.74 Å². The smallest absolute Gasteiger partial charge is 0.208 e. The van der Waals surface area contributed by atoms with Crippen molar-refractivity contribution in [1.29, 1.82) is 0 Å². The van der Waals surface area contributed by atoms with E-state index in [4.69, 9.17) is 37.9 Å². The Labute approximate surface area is 185 Å². The Bertz CT molecular complexity index is 1020. The van der Waals surface area contributed by atoms with Crippen molar-refractivity contribution in [1.82, 2.24) is 0 Å². The molecule has 0 aliphatic carbocycles. The molecule has 1 N–H and O–H groups in total. The lowest BCUT2D eigenvalue weighted by Crippen LogP contribution is -2.38. The van der Waals surface area contributed by atoms with Crippen LogP contribution >= 0.6 is 0 Å². The molecule has 1 aliphatic heterocycles. The van der Waals surface area contributed by atoms with Gasteiger partial charge in [-0.3, -0.25) is 4.79 Å². The van der Waals surface area contributed by atoms with Crippen LogP contribution in [0.4, 0.5) is 0 Å². The molecule has 32 heavy (non-hydrogen) atoms. The third kappa shape index (κ3) is 3.46. The summed E-state index contributed by atoms with van der Waals surface area (Å²) in [4.78, 5) is 13.4. The highest BCUT2D eigenvalue weighted by atomic mass is 16.6. The van der Waals surface area contributed by atoms with Gasteiger partial charge in [0.15, 0.2) is 41.0 Å². The third-order valence-corrected chi connectivity index (χ3v) is 5.22. The van der Waals surface area contributed by atoms with Crippen LogP contribution in [0.25, 0.3) is 0 Å². The Morgan fingerprint density at radius 3 is 1.78 bits per heavy atom. The van der Waals surface area contributed by atoms with Crippen LogP contribution in [0.15, 0.2) is 12.1 Å². The van der Waals surface area contributed by atoms with Crippen molar-refractivity contribution >= 4 is 5.78 Å². The molecular formula is C22H26O10. The summed E-state index contributed by atoms with van der Waals surface area (Å²) in [5.41, 5.74) is 0.386. The normalized spacial score (nSPS) is 17.2. The average Bonchev–Trinajstić information content (AvgIpc) is 2.82. The lowest BCUT2D eigenvalue weighted by molar-refractivity contribution is -0.00275. The van der Waals surface area contributed by atoms with Crippen molar-refractivity contribution in [3.63, 3.8) is 0 Å². The number of methoxy groups -OCH3 is 7. The number of ketones is 1. The van der Waals surface area contributed by atoms with Gasteiger partial charge in [-0.1, -0.05) is 0 Å². The van der Waals surface area contributed by atoms with E-state index in [-0.39, 0.29) is 51.4 Å². The predicted octanol–water partition coefficient (Wildman–Crippen LogP) is 2.78. The van der Waals surface area contributed by atoms with E-state index in [1.807, 2.05) is 0 Å². The number of fused-ring (bicyclic) bond motifs is 1. The molecule has 0 amide bonds. The number of phenolic OH excluding ortho intramolecular Hbond substituents is 1. The Hall–Kier alpha value is -3.53. The Morgan fingerprint density at radius 2 is 1.28 bits per heavy atom. The van der Waals surface area contributed by atoms with Crippen molar-refractivity contribution in [2.75, 3.05) is 49.8 Å². The molecule has 2 aromatic rings. The molecule has 10 heteroatoms. The molecule has 0 fully saturated rings. The summed E-state index contributed by atoms with van der Waals surface area (Å²) in [6.07, 6.45) is -2.17. The summed E-state index contributed by atoms with van der Waals surface area (Å²) < 4.78 is 43.9. The number of phenols is 1. The number of aromatic hydroxyl groups is 1. The summed E-state index contributed by atoms with van der Waals surface area (Å²) in [6.45, 7) is 0. The number of ether oxygens (including phenoxy) is 8. The van der Waals surface area contributed by atoms with Crippen molar-refractivity contribution in [2.45, 2.75) is 12.2 Å². The molecular weight excluding hydrogens is 424 g/mol. The van der Waals surface area contributed by atoms with Crippen molar-refractivity contribution in [3.05, 3.63) is 23.3 Å². The first-order valence-corrected chi connectivity index (χ1v) is 9.50. The van der Waals surface area contributed by atoms with Gasteiger partial charge in [0.2, 0.25) is 23.0 Å². The van der Waals surface area contributed by atoms with E-state index < -0.39 is 18.0 Å². The Kier molecular flexibility index (Phi) is 6.73. The zero-order valence-electron chi connectivity index (χ0n) is 18.9. The summed E-state index contributed by atoms with van der Waals surface area (Å²) in [5.74, 6) is 0.652. The van der Waals surface area contributed by atoms with Gasteiger partial charge in [-0.25, -0.2) is 0 Å². The van der Waals surface area contributed by atoms with Crippen LogP contribution in [0.5, 0.6) is 46.0 Å². The zero-order chi connectivity index (χ0) is 23.6. The van der Waals surface area contributed by atoms with Crippen molar-refractivity contribution < 1.29 is 47.8 Å². The number of rotatable bonds is 8. The van der Waals surface area contributed by atoms with Gasteiger partial charge in [-0.2, -0.15) is 0 Å². The highest BCUT2D eigenvalue weighted by Gasteiger charge is 2.44. The monoisotopic (exact) mass is 450 g/mol. The second-order valence-electron chi connectivity index (χ2n) is 6.66. The number of hydrogen-bond donors (Lipinski definition) is 1. The highest BCUT2D eigenvalue weighted by molar-refractivity contribution is 6.05. The largest absolute Gasteiger partial charge is 0.504 e. The Morgan fingerprint density at radius 1 is 0.750 bits per heavy atom. The van der Waals surface area contributed by atoms with Gasteiger partial charge in [0.25, 0.3) is 0 Å². The molecule has 174 valence electrons. The molecule has 1 heterocycles. The minimum absolute atomic E-state index is 0.0258. The molecule has 2 unspecified atom stereocenters. The van der Waals surface area contributed by atoms with Crippen molar-refractivity contribution in [3.8, 4) is 46.0 Å². The molecule has 0 radical (unpaired) electrons. The van der Waals surface area contributed by atoms with Gasteiger partial charge in [0.05, 0.1) is 48.2 Å². The van der Waals surface area contributed by atoms with E-state index in [1.54, 1.807) is 0 Å². The maximum absolute atomic E-state index is 13.4. The first-order valence-electron chi connectivity index (χ1n) is 9.50. The zero-order valence-corrected chi connectivity index (χ0v) is 18.9. The lowest BCUT2D eigenvalue weighted by atomic mass is 9.91. The van der Waals surface area contributed by atoms with Crippen LogP contribution in [0, 0.1) is 0 Å². The van der Waals surface area contributed by atoms with E-state index >= 15 is 0 Å². The van der Waals surface area contributed by atoms with Crippen molar-refractivity contribution in [2.24, 2.45) is 0 Å². The number of carbonyl (C=O) groups is 1. The summed E-state index contributed by atoms with van der Waals surface area (Å²) in [7, 11) is 9.90. The average molecular weight is 450 g/mol. The standard InChI is InChI=1S/C22H26O10/c1-25-12-8-10(15(24)21(30-6)18(12)27-3)16-20(29-5)14(23)11-9-13(26-2)19(28-4)22(31-7)17(11)32-16/h8-9,16,20,24H,1-7H3. The molecule has 0 bridgehead atoms. The number of carbonyl (C=O) groups excluding carboxylic acids is 1. The molecule has 3 rings (SSSR count). The molecule has 0 spiro atoms. The summed E-state index contributed by atoms with van der Waals surface area (Å²) in [6, 6.07) is 3.00. The van der Waals surface area contributed by atoms with E-state index in [0.717, 1.165) is 0 Å². The summed E-state index contributed by atoms with van der Waals surface area (Å²) in [5, 5.41) is 10.9. The van der Waals surface area contributed by atoms with Crippen LogP contribution in [0.2, 0.25) is 0 Å². The topological polar surface area (TPSA) is 111 Å². The van der Waals surface area contributed by atoms with Crippen LogP contribution in [0.1, 0.15) is 22.0 Å². The van der Waals surface area contributed by atoms with Crippen LogP contribution < -0.4 is 33.2 Å². The predicted molar refractivity (Wildman–Crippen MR) is 112 cm³/mol. The van der Waals surface area contributed by atoms with Gasteiger partial charge in [-0.05, 0) is 12.1 Å². The third-order valence-electron chi connectivity index (χ3n) is 5.22. The first kappa shape index (κ1) is 23.1. The second kappa shape index (κ2) is 9.31. The van der Waals surface area contributed by atoms with Gasteiger partial charge < -0.3 is 43.0 Å². The van der Waals surface area contributed by atoms with E-state index in [0.29, 0.717) is 5.75 Å². The molecule has 10 nitrogen and oxygen atoms in total. The van der Waals surface area contributed by atoms with Crippen LogP contribution in [0.3, 0.4) is 0 Å². The fraction of sp³-hybridized carbons (Fsp3) is 0.409. The quantitative estimate of drug-likeness (QED) is 0.644. The van der Waals surface area contributed by atoms with E-state index in [1.165, 1.54) is 61.9 Å². The molecule has 1 aliphatic rings. The van der Waals surface area contributed by atoms with E-state index in [2.05, 4.69) is 0 Å². The SMILES string of the molecule is COc1cc(C2Oc3c(cc(OC)c(OC)c3OC)C(=O)C2OC)c(O)c(OC)c1OC.